The number of aliphatic hydroxyl groups excluding tert-OH is 1. The van der Waals surface area contributed by atoms with E-state index in [1.165, 1.54) is 42.4 Å². The number of benzene rings is 1. The minimum Gasteiger partial charge on any atom is -0.508 e. The van der Waals surface area contributed by atoms with Gasteiger partial charge in [0.15, 0.2) is 0 Å². The third-order valence-electron chi connectivity index (χ3n) is 10.4. The van der Waals surface area contributed by atoms with Crippen LogP contribution in [-0.2, 0) is 51.2 Å². The van der Waals surface area contributed by atoms with Gasteiger partial charge in [-0.05, 0) is 82.0 Å². The van der Waals surface area contributed by atoms with Crippen molar-refractivity contribution in [3.63, 3.8) is 0 Å². The van der Waals surface area contributed by atoms with Crippen molar-refractivity contribution in [3.8, 4) is 5.75 Å². The number of aromatic nitrogens is 2. The van der Waals surface area contributed by atoms with Gasteiger partial charge in [-0.3, -0.25) is 33.6 Å². The highest BCUT2D eigenvalue weighted by Gasteiger charge is 2.39. The van der Waals surface area contributed by atoms with Crippen LogP contribution in [0.2, 0.25) is 0 Å². The van der Waals surface area contributed by atoms with E-state index < -0.39 is 95.7 Å². The van der Waals surface area contributed by atoms with Crippen LogP contribution in [0.15, 0.2) is 36.8 Å². The number of amides is 7. The molecule has 8 atom stereocenters. The molecule has 2 aromatic rings. The second-order valence-electron chi connectivity index (χ2n) is 16.2. The van der Waals surface area contributed by atoms with Gasteiger partial charge in [0, 0.05) is 37.7 Å². The first-order valence-corrected chi connectivity index (χ1v) is 21.0. The van der Waals surface area contributed by atoms with Gasteiger partial charge in [0.1, 0.15) is 42.0 Å². The minimum atomic E-state index is -1.68. The molecule has 1 aliphatic rings. The lowest BCUT2D eigenvalue weighted by molar-refractivity contribution is -0.143. The number of aromatic hydroxyl groups is 1. The van der Waals surface area contributed by atoms with Crippen molar-refractivity contribution in [2.45, 2.75) is 133 Å². The maximum Gasteiger partial charge on any atom is 0.326 e. The maximum atomic E-state index is 13.9. The van der Waals surface area contributed by atoms with E-state index in [4.69, 9.17) is 17.2 Å². The Morgan fingerprint density at radius 2 is 1.46 bits per heavy atom. The quantitative estimate of drug-likeness (QED) is 0.0437. The summed E-state index contributed by atoms with van der Waals surface area (Å²) in [4.78, 5) is 114. The number of rotatable bonds is 26. The Morgan fingerprint density at radius 1 is 0.841 bits per heavy atom. The summed E-state index contributed by atoms with van der Waals surface area (Å²) in [6.45, 7) is 5.34. The lowest BCUT2D eigenvalue weighted by Crippen LogP contribution is -2.61. The number of carbonyl (C=O) groups excluding carboxylic acids is 7. The Balaban J connectivity index is 1.78. The average Bonchev–Trinajstić information content (AvgIpc) is 3.93. The Morgan fingerprint density at radius 3 is 2.03 bits per heavy atom. The molecule has 0 unspecified atom stereocenters. The number of phenols is 1. The second-order valence-corrected chi connectivity index (χ2v) is 16.2. The first-order valence-electron chi connectivity index (χ1n) is 21.0. The fraction of sp³-hybridized carbons (Fsp3) is 0.585. The molecule has 348 valence electrons. The largest absolute Gasteiger partial charge is 0.508 e. The number of nitrogens with two attached hydrogens (primary N) is 3. The lowest BCUT2D eigenvalue weighted by atomic mass is 10.0. The Bertz CT molecular complexity index is 1860. The molecule has 0 spiro atoms. The molecular formula is C41H63N11O11. The number of aliphatic carboxylic acids is 1. The molecule has 0 aliphatic carbocycles. The van der Waals surface area contributed by atoms with Gasteiger partial charge >= 0.3 is 5.97 Å². The number of primary amides is 1. The van der Waals surface area contributed by atoms with Crippen LogP contribution in [0.1, 0.15) is 83.4 Å². The third-order valence-corrected chi connectivity index (χ3v) is 10.4. The fourth-order valence-corrected chi connectivity index (χ4v) is 7.06. The molecule has 2 heterocycles. The molecule has 1 aliphatic heterocycles. The van der Waals surface area contributed by atoms with Crippen molar-refractivity contribution in [1.29, 1.82) is 0 Å². The summed E-state index contributed by atoms with van der Waals surface area (Å²) in [5.41, 5.74) is 18.4. The predicted octanol–water partition coefficient (Wildman–Crippen LogP) is -2.45. The lowest BCUT2D eigenvalue weighted by Gasteiger charge is -2.30. The van der Waals surface area contributed by atoms with E-state index in [9.17, 15) is 53.7 Å². The van der Waals surface area contributed by atoms with Crippen LogP contribution in [0, 0.1) is 5.92 Å². The zero-order chi connectivity index (χ0) is 46.8. The summed E-state index contributed by atoms with van der Waals surface area (Å²) in [5.74, 6) is -7.11. The van der Waals surface area contributed by atoms with Crippen molar-refractivity contribution in [3.05, 3.63) is 48.0 Å². The van der Waals surface area contributed by atoms with Crippen LogP contribution >= 0.6 is 0 Å². The van der Waals surface area contributed by atoms with Gasteiger partial charge in [-0.25, -0.2) is 9.78 Å². The van der Waals surface area contributed by atoms with E-state index in [0.29, 0.717) is 36.9 Å². The molecule has 7 amide bonds. The van der Waals surface area contributed by atoms with E-state index in [-0.39, 0.29) is 63.3 Å². The maximum absolute atomic E-state index is 13.9. The number of aliphatic hydroxyl groups is 1. The molecule has 22 heteroatoms. The van der Waals surface area contributed by atoms with E-state index >= 15 is 0 Å². The van der Waals surface area contributed by atoms with E-state index in [0.717, 1.165) is 0 Å². The van der Waals surface area contributed by atoms with Crippen LogP contribution in [0.5, 0.6) is 5.75 Å². The number of hydrogen-bond donors (Lipinski definition) is 12. The van der Waals surface area contributed by atoms with Crippen molar-refractivity contribution in [2.24, 2.45) is 23.1 Å². The molecule has 1 fully saturated rings. The Kier molecular flexibility index (Phi) is 20.4. The van der Waals surface area contributed by atoms with Crippen LogP contribution in [0.4, 0.5) is 0 Å². The predicted molar refractivity (Wildman–Crippen MR) is 227 cm³/mol. The zero-order valence-electron chi connectivity index (χ0n) is 35.9. The minimum absolute atomic E-state index is 0.0216. The van der Waals surface area contributed by atoms with E-state index in [2.05, 4.69) is 36.6 Å². The SMILES string of the molecule is CC(C)C[C@H](NC(=O)[C@@H]1CCCN1C(=O)[C@@H](N)Cc1cnc[nH]1)C(=O)N[C@@H](CCC(N)=O)C(=O)N[C@@H](CCCCN)C(=O)N[C@H](C(=O)N[C@@H](Cc1ccc(O)cc1)C(=O)O)[C@@H](C)O. The molecule has 0 bridgehead atoms. The number of carbonyl (C=O) groups is 8. The molecule has 22 nitrogen and oxygen atoms in total. The van der Waals surface area contributed by atoms with Crippen LogP contribution in [0.25, 0.3) is 0 Å². The van der Waals surface area contributed by atoms with Crippen LogP contribution in [0.3, 0.4) is 0 Å². The third kappa shape index (κ3) is 16.6. The van der Waals surface area contributed by atoms with Gasteiger partial charge in [-0.1, -0.05) is 26.0 Å². The number of likely N-dealkylation sites (tertiary alicyclic amines) is 1. The molecule has 1 aromatic carbocycles. The van der Waals surface area contributed by atoms with Crippen LogP contribution < -0.4 is 43.8 Å². The highest BCUT2D eigenvalue weighted by Crippen LogP contribution is 2.20. The molecule has 0 saturated carbocycles. The molecule has 15 N–H and O–H groups in total. The van der Waals surface area contributed by atoms with Gasteiger partial charge in [0.05, 0.1) is 18.5 Å². The number of carboxylic acids is 1. The fourth-order valence-electron chi connectivity index (χ4n) is 7.06. The standard InChI is InChI=1S/C41H63N11O11/c1-22(2)17-30(49-38(59)32-8-6-16-52(32)40(61)27(43)19-25-20-45-21-46-25)37(58)48-29(13-14-33(44)55)35(56)47-28(7-4-5-15-42)36(57)51-34(23(3)53)39(60)50-31(41(62)63)18-24-9-11-26(54)12-10-24/h9-12,20-23,27-32,34,53-54H,4-8,13-19,42-43H2,1-3H3,(H2,44,55)(H,45,46)(H,47,56)(H,48,58)(H,49,59)(H,50,60)(H,51,57)(H,62,63)/t23-,27+,28+,29+,30+,31+,32+,34+/m1/s1. The average molecular weight is 886 g/mol. The Hall–Kier alpha value is -6.13. The van der Waals surface area contributed by atoms with E-state index in [1.54, 1.807) is 6.20 Å². The van der Waals surface area contributed by atoms with Gasteiger partial charge in [0.2, 0.25) is 41.4 Å². The normalized spacial score (nSPS) is 17.0. The van der Waals surface area contributed by atoms with Gasteiger partial charge in [0.25, 0.3) is 0 Å². The van der Waals surface area contributed by atoms with Crippen molar-refractivity contribution in [1.82, 2.24) is 41.5 Å². The summed E-state index contributed by atoms with van der Waals surface area (Å²) >= 11 is 0. The number of unbranched alkanes of at least 4 members (excludes halogenated alkanes) is 1. The van der Waals surface area contributed by atoms with Gasteiger partial charge < -0.3 is 69.0 Å². The topological polar surface area (TPSA) is 367 Å². The first-order chi connectivity index (χ1) is 29.8. The number of carboxylic acid groups (broad SMARTS) is 1. The molecule has 1 saturated heterocycles. The number of H-pyrrole nitrogens is 1. The summed E-state index contributed by atoms with van der Waals surface area (Å²) in [6, 6.07) is -3.46. The zero-order valence-corrected chi connectivity index (χ0v) is 35.9. The van der Waals surface area contributed by atoms with Crippen LogP contribution in [-0.4, -0.2) is 139 Å². The van der Waals surface area contributed by atoms with Gasteiger partial charge in [-0.2, -0.15) is 0 Å². The smallest absolute Gasteiger partial charge is 0.326 e. The second kappa shape index (κ2) is 25.1. The van der Waals surface area contributed by atoms with Crippen molar-refractivity contribution < 1.29 is 53.7 Å². The number of hydrogen-bond acceptors (Lipinski definition) is 13. The van der Waals surface area contributed by atoms with Gasteiger partial charge in [-0.15, -0.1) is 0 Å². The number of imidazole rings is 1. The van der Waals surface area contributed by atoms with Crippen molar-refractivity contribution in [2.75, 3.05) is 13.1 Å². The number of nitrogens with zero attached hydrogens (tertiary/aromatic N) is 2. The molecule has 1 aromatic heterocycles. The summed E-state index contributed by atoms with van der Waals surface area (Å²) < 4.78 is 0. The first kappa shape index (κ1) is 51.2. The summed E-state index contributed by atoms with van der Waals surface area (Å²) in [5, 5.41) is 42.5. The summed E-state index contributed by atoms with van der Waals surface area (Å²) in [6.07, 6.45) is 2.44. The Labute approximate surface area is 365 Å². The summed E-state index contributed by atoms with van der Waals surface area (Å²) in [7, 11) is 0. The molecule has 3 rings (SSSR count). The highest BCUT2D eigenvalue weighted by molar-refractivity contribution is 5.97. The number of nitrogens with one attached hydrogen (secondary N) is 6. The van der Waals surface area contributed by atoms with E-state index in [1.807, 2.05) is 13.8 Å². The number of phenolic OH excluding ortho intramolecular Hbond substituents is 1. The molecule has 63 heavy (non-hydrogen) atoms. The monoisotopic (exact) mass is 885 g/mol. The molecule has 0 radical (unpaired) electrons. The highest BCUT2D eigenvalue weighted by atomic mass is 16.4. The molecular weight excluding hydrogens is 823 g/mol. The number of aromatic amines is 1. The van der Waals surface area contributed by atoms with Crippen molar-refractivity contribution >= 4 is 47.3 Å².